The third-order valence-corrected chi connectivity index (χ3v) is 2.12. The highest BCUT2D eigenvalue weighted by atomic mass is 16.6. The first-order chi connectivity index (χ1) is 7.95. The minimum Gasteiger partial charge on any atom is -0.368 e. The lowest BCUT2D eigenvalue weighted by atomic mass is 10.1. The minimum absolute atomic E-state index is 0.0975. The quantitative estimate of drug-likeness (QED) is 0.588. The maximum Gasteiger partial charge on any atom is 0.292 e. The third-order valence-electron chi connectivity index (χ3n) is 2.12. The van der Waals surface area contributed by atoms with Crippen molar-refractivity contribution in [2.24, 2.45) is 5.73 Å². The smallest absolute Gasteiger partial charge is 0.292 e. The van der Waals surface area contributed by atoms with Gasteiger partial charge in [-0.3, -0.25) is 14.9 Å². The maximum atomic E-state index is 10.9. The normalized spacial score (nSPS) is 11.3. The van der Waals surface area contributed by atoms with Crippen LogP contribution in [0.3, 0.4) is 0 Å². The number of anilines is 1. The highest BCUT2D eigenvalue weighted by molar-refractivity contribution is 5.83. The van der Waals surface area contributed by atoms with Crippen LogP contribution in [0.25, 0.3) is 0 Å². The van der Waals surface area contributed by atoms with Crippen molar-refractivity contribution in [1.82, 2.24) is 0 Å². The molecule has 0 aliphatic rings. The maximum absolute atomic E-state index is 10.9. The molecular weight excluding hydrogens is 224 g/mol. The molecule has 1 amide bonds. The number of benzene rings is 1. The standard InChI is InChI=1S/C10H10N4O3/c1-6(10(12)15)13-8-4-7(5-11)2-3-9(8)14(16)17/h2-4,6,13H,1H3,(H2,12,15). The zero-order valence-electron chi connectivity index (χ0n) is 9.01. The zero-order chi connectivity index (χ0) is 13.0. The van der Waals surface area contributed by atoms with Crippen molar-refractivity contribution >= 4 is 17.3 Å². The van der Waals surface area contributed by atoms with Gasteiger partial charge in [0.15, 0.2) is 0 Å². The molecule has 1 aromatic carbocycles. The Kier molecular flexibility index (Phi) is 3.62. The van der Waals surface area contributed by atoms with Crippen LogP contribution in [0.1, 0.15) is 12.5 Å². The number of nitro groups is 1. The lowest BCUT2D eigenvalue weighted by molar-refractivity contribution is -0.384. The molecule has 0 aliphatic carbocycles. The van der Waals surface area contributed by atoms with Crippen LogP contribution in [0, 0.1) is 21.4 Å². The van der Waals surface area contributed by atoms with Gasteiger partial charge in [-0.05, 0) is 19.1 Å². The number of rotatable bonds is 4. The van der Waals surface area contributed by atoms with Gasteiger partial charge in [-0.1, -0.05) is 0 Å². The molecule has 0 radical (unpaired) electrons. The Morgan fingerprint density at radius 3 is 2.76 bits per heavy atom. The fourth-order valence-corrected chi connectivity index (χ4v) is 1.18. The molecule has 0 aromatic heterocycles. The molecule has 17 heavy (non-hydrogen) atoms. The fraction of sp³-hybridized carbons (Fsp3) is 0.200. The van der Waals surface area contributed by atoms with Gasteiger partial charge in [0.2, 0.25) is 5.91 Å². The van der Waals surface area contributed by atoms with Gasteiger partial charge in [-0.2, -0.15) is 5.26 Å². The topological polar surface area (TPSA) is 122 Å². The van der Waals surface area contributed by atoms with Crippen LogP contribution in [-0.2, 0) is 4.79 Å². The summed E-state index contributed by atoms with van der Waals surface area (Å²) in [4.78, 5) is 21.0. The molecule has 1 unspecified atom stereocenters. The van der Waals surface area contributed by atoms with Crippen LogP contribution in [0.2, 0.25) is 0 Å². The second kappa shape index (κ2) is 4.94. The van der Waals surface area contributed by atoms with Gasteiger partial charge in [0, 0.05) is 6.07 Å². The SMILES string of the molecule is CC(Nc1cc(C#N)ccc1[N+](=O)[O-])C(N)=O. The van der Waals surface area contributed by atoms with Crippen molar-refractivity contribution < 1.29 is 9.72 Å². The summed E-state index contributed by atoms with van der Waals surface area (Å²) < 4.78 is 0. The molecule has 0 heterocycles. The van der Waals surface area contributed by atoms with Crippen LogP contribution in [0.4, 0.5) is 11.4 Å². The van der Waals surface area contributed by atoms with Crippen LogP contribution < -0.4 is 11.1 Å². The molecule has 0 bridgehead atoms. The van der Waals surface area contributed by atoms with Crippen molar-refractivity contribution in [2.45, 2.75) is 13.0 Å². The Hall–Kier alpha value is -2.62. The first kappa shape index (κ1) is 12.4. The lowest BCUT2D eigenvalue weighted by Crippen LogP contribution is -2.32. The van der Waals surface area contributed by atoms with Gasteiger partial charge in [0.25, 0.3) is 5.69 Å². The summed E-state index contributed by atoms with van der Waals surface area (Å²) in [6.45, 7) is 1.48. The highest BCUT2D eigenvalue weighted by Crippen LogP contribution is 2.25. The molecule has 0 spiro atoms. The lowest BCUT2D eigenvalue weighted by Gasteiger charge is -2.11. The van der Waals surface area contributed by atoms with E-state index >= 15 is 0 Å². The number of nitrogens with one attached hydrogen (secondary N) is 1. The summed E-state index contributed by atoms with van der Waals surface area (Å²) in [6, 6.07) is 4.93. The molecule has 0 aliphatic heterocycles. The van der Waals surface area contributed by atoms with E-state index in [1.165, 1.54) is 25.1 Å². The van der Waals surface area contributed by atoms with Gasteiger partial charge in [-0.25, -0.2) is 0 Å². The van der Waals surface area contributed by atoms with Gasteiger partial charge in [0.05, 0.1) is 16.6 Å². The average molecular weight is 234 g/mol. The third kappa shape index (κ3) is 2.92. The van der Waals surface area contributed by atoms with Crippen LogP contribution in [0.5, 0.6) is 0 Å². The summed E-state index contributed by atoms with van der Waals surface area (Å²) in [6.07, 6.45) is 0. The van der Waals surface area contributed by atoms with E-state index in [4.69, 9.17) is 11.0 Å². The second-order valence-electron chi connectivity index (χ2n) is 3.37. The molecule has 0 saturated heterocycles. The largest absolute Gasteiger partial charge is 0.368 e. The molecule has 7 nitrogen and oxygen atoms in total. The van der Waals surface area contributed by atoms with Gasteiger partial charge in [0.1, 0.15) is 11.7 Å². The Morgan fingerprint density at radius 1 is 1.65 bits per heavy atom. The minimum atomic E-state index is -0.761. The number of hydrogen-bond donors (Lipinski definition) is 2. The molecule has 88 valence electrons. The molecule has 7 heteroatoms. The van der Waals surface area contributed by atoms with Crippen molar-refractivity contribution in [1.29, 1.82) is 5.26 Å². The predicted octanol–water partition coefficient (Wildman–Crippen LogP) is 0.752. The number of primary amides is 1. The number of nitrogens with zero attached hydrogens (tertiary/aromatic N) is 2. The van der Waals surface area contributed by atoms with Crippen molar-refractivity contribution in [3.8, 4) is 6.07 Å². The van der Waals surface area contributed by atoms with E-state index in [1.807, 2.05) is 6.07 Å². The van der Waals surface area contributed by atoms with Crippen molar-refractivity contribution in [2.75, 3.05) is 5.32 Å². The van der Waals surface area contributed by atoms with E-state index in [2.05, 4.69) is 5.32 Å². The number of nitriles is 1. The zero-order valence-corrected chi connectivity index (χ0v) is 9.01. The summed E-state index contributed by atoms with van der Waals surface area (Å²) >= 11 is 0. The van der Waals surface area contributed by atoms with Gasteiger partial charge < -0.3 is 11.1 Å². The number of nitro benzene ring substituents is 1. The van der Waals surface area contributed by atoms with Crippen molar-refractivity contribution in [3.63, 3.8) is 0 Å². The second-order valence-corrected chi connectivity index (χ2v) is 3.37. The molecule has 3 N–H and O–H groups in total. The molecule has 1 atom stereocenters. The predicted molar refractivity (Wildman–Crippen MR) is 60.1 cm³/mol. The summed E-state index contributed by atoms with van der Waals surface area (Å²) in [5, 5.41) is 22.0. The van der Waals surface area contributed by atoms with Crippen molar-refractivity contribution in [3.05, 3.63) is 33.9 Å². The number of carbonyl (C=O) groups excluding carboxylic acids is 1. The monoisotopic (exact) mass is 234 g/mol. The summed E-state index contributed by atoms with van der Waals surface area (Å²) in [7, 11) is 0. The molecule has 0 saturated carbocycles. The molecule has 0 fully saturated rings. The summed E-state index contributed by atoms with van der Waals surface area (Å²) in [5.74, 6) is -0.637. The molecule has 1 aromatic rings. The van der Waals surface area contributed by atoms with E-state index in [0.29, 0.717) is 0 Å². The fourth-order valence-electron chi connectivity index (χ4n) is 1.18. The van der Waals surface area contributed by atoms with Crippen LogP contribution in [0.15, 0.2) is 18.2 Å². The van der Waals surface area contributed by atoms with E-state index in [9.17, 15) is 14.9 Å². The average Bonchev–Trinajstić information content (AvgIpc) is 2.28. The van der Waals surface area contributed by atoms with E-state index in [1.54, 1.807) is 0 Å². The number of hydrogen-bond acceptors (Lipinski definition) is 5. The van der Waals surface area contributed by atoms with Gasteiger partial charge >= 0.3 is 0 Å². The Balaban J connectivity index is 3.14. The van der Waals surface area contributed by atoms with Crippen LogP contribution >= 0.6 is 0 Å². The number of carbonyl (C=O) groups is 1. The van der Waals surface area contributed by atoms with E-state index in [-0.39, 0.29) is 16.9 Å². The Labute approximate surface area is 97.0 Å². The molecule has 1 rings (SSSR count). The number of amides is 1. The first-order valence-electron chi connectivity index (χ1n) is 4.70. The Morgan fingerprint density at radius 2 is 2.29 bits per heavy atom. The summed E-state index contributed by atoms with van der Waals surface area (Å²) in [5.41, 5.74) is 5.19. The number of nitrogens with two attached hydrogens (primary N) is 1. The molecular formula is C10H10N4O3. The van der Waals surface area contributed by atoms with E-state index < -0.39 is 16.9 Å². The highest BCUT2D eigenvalue weighted by Gasteiger charge is 2.17. The Bertz CT molecular complexity index is 507. The van der Waals surface area contributed by atoms with Gasteiger partial charge in [-0.15, -0.1) is 0 Å². The first-order valence-corrected chi connectivity index (χ1v) is 4.70. The van der Waals surface area contributed by atoms with E-state index in [0.717, 1.165) is 0 Å². The van der Waals surface area contributed by atoms with Crippen LogP contribution in [-0.4, -0.2) is 16.9 Å².